The van der Waals surface area contributed by atoms with Crippen molar-refractivity contribution >= 4 is 22.8 Å². The van der Waals surface area contributed by atoms with Gasteiger partial charge in [0.1, 0.15) is 18.2 Å². The Bertz CT molecular complexity index is 1120. The van der Waals surface area contributed by atoms with Crippen LogP contribution in [0, 0.1) is 6.92 Å². The summed E-state index contributed by atoms with van der Waals surface area (Å²) in [7, 11) is 0. The van der Waals surface area contributed by atoms with Crippen molar-refractivity contribution in [3.8, 4) is 0 Å². The van der Waals surface area contributed by atoms with Gasteiger partial charge in [-0.2, -0.15) is 0 Å². The first-order chi connectivity index (χ1) is 13.9. The van der Waals surface area contributed by atoms with Crippen LogP contribution < -0.4 is 10.9 Å². The van der Waals surface area contributed by atoms with Crippen LogP contribution in [0.4, 0.5) is 0 Å². The Kier molecular flexibility index (Phi) is 6.12. The molecule has 3 aromatic rings. The van der Waals surface area contributed by atoms with Gasteiger partial charge in [-0.15, -0.1) is 0 Å². The van der Waals surface area contributed by atoms with Crippen molar-refractivity contribution in [1.82, 2.24) is 5.32 Å². The maximum Gasteiger partial charge on any atom is 0.336 e. The lowest BCUT2D eigenvalue weighted by Crippen LogP contribution is -2.39. The predicted molar refractivity (Wildman–Crippen MR) is 110 cm³/mol. The summed E-state index contributed by atoms with van der Waals surface area (Å²) in [5.41, 5.74) is 2.99. The highest BCUT2D eigenvalue weighted by Crippen LogP contribution is 2.20. The van der Waals surface area contributed by atoms with E-state index < -0.39 is 17.6 Å². The van der Waals surface area contributed by atoms with Gasteiger partial charge in [-0.05, 0) is 44.0 Å². The first-order valence-electron chi connectivity index (χ1n) is 9.47. The van der Waals surface area contributed by atoms with E-state index >= 15 is 0 Å². The molecule has 6 heteroatoms. The van der Waals surface area contributed by atoms with Gasteiger partial charge in [0.2, 0.25) is 0 Å². The lowest BCUT2D eigenvalue weighted by Gasteiger charge is -2.14. The SMILES string of the molecule is CCc1ccc2c(COC(=O)[C@H](C)NC(=O)c3cccc(C)c3)cc(=O)oc2c1. The number of benzene rings is 2. The number of fused-ring (bicyclic) bond motifs is 1. The zero-order chi connectivity index (χ0) is 21.0. The first-order valence-corrected chi connectivity index (χ1v) is 9.47. The molecule has 0 aliphatic carbocycles. The molecule has 29 heavy (non-hydrogen) atoms. The third kappa shape index (κ3) is 4.90. The normalized spacial score (nSPS) is 11.8. The van der Waals surface area contributed by atoms with E-state index in [1.54, 1.807) is 25.1 Å². The maximum atomic E-state index is 12.3. The van der Waals surface area contributed by atoms with Crippen molar-refractivity contribution in [1.29, 1.82) is 0 Å². The summed E-state index contributed by atoms with van der Waals surface area (Å²) in [6.07, 6.45) is 0.816. The minimum absolute atomic E-state index is 0.0862. The standard InChI is InChI=1S/C23H23NO5/c1-4-16-8-9-19-18(12-21(25)29-20(19)11-16)13-28-23(27)15(3)24-22(26)17-7-5-6-14(2)10-17/h5-12,15H,4,13H2,1-3H3,(H,24,26)/t15-/m0/s1. The van der Waals surface area contributed by atoms with Crippen molar-refractivity contribution in [3.05, 3.63) is 81.2 Å². The van der Waals surface area contributed by atoms with Crippen molar-refractivity contribution in [3.63, 3.8) is 0 Å². The van der Waals surface area contributed by atoms with Gasteiger partial charge in [-0.25, -0.2) is 9.59 Å². The van der Waals surface area contributed by atoms with Crippen LogP contribution in [-0.4, -0.2) is 17.9 Å². The number of carbonyl (C=O) groups excluding carboxylic acids is 2. The number of hydrogen-bond acceptors (Lipinski definition) is 5. The molecule has 0 bridgehead atoms. The lowest BCUT2D eigenvalue weighted by atomic mass is 10.1. The molecule has 1 heterocycles. The minimum Gasteiger partial charge on any atom is -0.459 e. The van der Waals surface area contributed by atoms with E-state index in [0.717, 1.165) is 17.5 Å². The molecule has 0 aliphatic heterocycles. The highest BCUT2D eigenvalue weighted by Gasteiger charge is 2.19. The highest BCUT2D eigenvalue weighted by atomic mass is 16.5. The largest absolute Gasteiger partial charge is 0.459 e. The van der Waals surface area contributed by atoms with Crippen LogP contribution in [0.3, 0.4) is 0 Å². The fourth-order valence-electron chi connectivity index (χ4n) is 3.01. The Morgan fingerprint density at radius 3 is 2.66 bits per heavy atom. The van der Waals surface area contributed by atoms with Gasteiger partial charge in [0.15, 0.2) is 0 Å². The Morgan fingerprint density at radius 2 is 1.93 bits per heavy atom. The number of carbonyl (C=O) groups is 2. The summed E-state index contributed by atoms with van der Waals surface area (Å²) in [6.45, 7) is 5.37. The molecule has 0 spiro atoms. The third-order valence-corrected chi connectivity index (χ3v) is 4.65. The summed E-state index contributed by atoms with van der Waals surface area (Å²) in [6, 6.07) is 13.2. The molecule has 0 saturated carbocycles. The Labute approximate surface area is 168 Å². The van der Waals surface area contributed by atoms with E-state index in [0.29, 0.717) is 22.1 Å². The molecule has 0 unspecified atom stereocenters. The second-order valence-corrected chi connectivity index (χ2v) is 6.95. The molecule has 0 saturated heterocycles. The smallest absolute Gasteiger partial charge is 0.336 e. The topological polar surface area (TPSA) is 85.6 Å². The van der Waals surface area contributed by atoms with Crippen molar-refractivity contribution in [2.45, 2.75) is 39.8 Å². The number of esters is 1. The van der Waals surface area contributed by atoms with Gasteiger partial charge in [-0.1, -0.05) is 36.8 Å². The van der Waals surface area contributed by atoms with Crippen LogP contribution in [-0.2, 0) is 22.6 Å². The molecule has 1 N–H and O–H groups in total. The van der Waals surface area contributed by atoms with Crippen molar-refractivity contribution in [2.24, 2.45) is 0 Å². The van der Waals surface area contributed by atoms with Crippen LogP contribution >= 0.6 is 0 Å². The quantitative estimate of drug-likeness (QED) is 0.512. The number of nitrogens with one attached hydrogen (secondary N) is 1. The maximum absolute atomic E-state index is 12.3. The third-order valence-electron chi connectivity index (χ3n) is 4.65. The van der Waals surface area contributed by atoms with Gasteiger partial charge >= 0.3 is 11.6 Å². The van der Waals surface area contributed by atoms with Gasteiger partial charge in [-0.3, -0.25) is 4.79 Å². The summed E-state index contributed by atoms with van der Waals surface area (Å²) >= 11 is 0. The molecule has 6 nitrogen and oxygen atoms in total. The van der Waals surface area contributed by atoms with E-state index in [2.05, 4.69) is 5.32 Å². The minimum atomic E-state index is -0.832. The summed E-state index contributed by atoms with van der Waals surface area (Å²) in [4.78, 5) is 36.5. The molecule has 0 fully saturated rings. The summed E-state index contributed by atoms with van der Waals surface area (Å²) in [5, 5.41) is 3.34. The fraction of sp³-hybridized carbons (Fsp3) is 0.261. The monoisotopic (exact) mass is 393 g/mol. The van der Waals surface area contributed by atoms with E-state index in [1.807, 2.05) is 38.1 Å². The molecule has 1 atom stereocenters. The second-order valence-electron chi connectivity index (χ2n) is 6.95. The number of ether oxygens (including phenoxy) is 1. The van der Waals surface area contributed by atoms with Crippen molar-refractivity contribution < 1.29 is 18.7 Å². The Morgan fingerprint density at radius 1 is 1.14 bits per heavy atom. The Balaban J connectivity index is 1.68. The lowest BCUT2D eigenvalue weighted by molar-refractivity contribution is -0.146. The molecule has 1 amide bonds. The van der Waals surface area contributed by atoms with Gasteiger partial charge in [0.25, 0.3) is 5.91 Å². The number of rotatable bonds is 6. The fourth-order valence-corrected chi connectivity index (χ4v) is 3.01. The highest BCUT2D eigenvalue weighted by molar-refractivity contribution is 5.96. The van der Waals surface area contributed by atoms with Gasteiger partial charge in [0, 0.05) is 22.6 Å². The average molecular weight is 393 g/mol. The number of amides is 1. The van der Waals surface area contributed by atoms with Crippen molar-refractivity contribution in [2.75, 3.05) is 0 Å². The molecule has 0 aliphatic rings. The van der Waals surface area contributed by atoms with E-state index in [4.69, 9.17) is 9.15 Å². The first kappa shape index (κ1) is 20.3. The Hall–Kier alpha value is -3.41. The molecule has 3 rings (SSSR count). The summed E-state index contributed by atoms with van der Waals surface area (Å²) in [5.74, 6) is -0.936. The zero-order valence-electron chi connectivity index (χ0n) is 16.7. The predicted octanol–water partition coefficient (Wildman–Crippen LogP) is 3.53. The second kappa shape index (κ2) is 8.73. The number of aryl methyl sites for hydroxylation is 2. The van der Waals surface area contributed by atoms with E-state index in [-0.39, 0.29) is 12.5 Å². The molecule has 1 aromatic heterocycles. The summed E-state index contributed by atoms with van der Waals surface area (Å²) < 4.78 is 10.6. The zero-order valence-corrected chi connectivity index (χ0v) is 16.7. The van der Waals surface area contributed by atoms with E-state index in [1.165, 1.54) is 6.07 Å². The molecular weight excluding hydrogens is 370 g/mol. The van der Waals surface area contributed by atoms with Crippen LogP contribution in [0.1, 0.15) is 40.9 Å². The molecule has 150 valence electrons. The van der Waals surface area contributed by atoms with Crippen LogP contribution in [0.25, 0.3) is 11.0 Å². The van der Waals surface area contributed by atoms with Crippen LogP contribution in [0.15, 0.2) is 57.7 Å². The number of hydrogen-bond donors (Lipinski definition) is 1. The molecular formula is C23H23NO5. The molecule has 2 aromatic carbocycles. The van der Waals surface area contributed by atoms with Gasteiger partial charge in [0.05, 0.1) is 0 Å². The van der Waals surface area contributed by atoms with Gasteiger partial charge < -0.3 is 14.5 Å². The van der Waals surface area contributed by atoms with Crippen LogP contribution in [0.5, 0.6) is 0 Å². The van der Waals surface area contributed by atoms with E-state index in [9.17, 15) is 14.4 Å². The molecule has 0 radical (unpaired) electrons. The average Bonchev–Trinajstić information content (AvgIpc) is 2.70. The van der Waals surface area contributed by atoms with Crippen LogP contribution in [0.2, 0.25) is 0 Å².